The Labute approximate surface area is 126 Å². The van der Waals surface area contributed by atoms with Gasteiger partial charge in [0.15, 0.2) is 6.61 Å². The van der Waals surface area contributed by atoms with Gasteiger partial charge in [0.05, 0.1) is 0 Å². The van der Waals surface area contributed by atoms with Crippen LogP contribution < -0.4 is 15.6 Å². The minimum Gasteiger partial charge on any atom is -0.484 e. The standard InChI is InChI=1S/C16H24N2O3/c1-5-6-13(4)16(20)18-17-15(19)10-21-14-8-11(2)7-12(3)9-14/h7-9,13H,5-6,10H2,1-4H3,(H,17,19)(H,18,20). The molecule has 0 aliphatic rings. The van der Waals surface area contributed by atoms with E-state index in [0.717, 1.165) is 24.0 Å². The third-order valence-electron chi connectivity index (χ3n) is 3.06. The Kier molecular flexibility index (Phi) is 6.72. The van der Waals surface area contributed by atoms with Crippen molar-refractivity contribution >= 4 is 11.8 Å². The van der Waals surface area contributed by atoms with Crippen molar-refractivity contribution < 1.29 is 14.3 Å². The third-order valence-corrected chi connectivity index (χ3v) is 3.06. The van der Waals surface area contributed by atoms with E-state index in [1.165, 1.54) is 0 Å². The molecule has 2 amide bonds. The molecule has 0 heterocycles. The van der Waals surface area contributed by atoms with Gasteiger partial charge in [0.25, 0.3) is 5.91 Å². The quantitative estimate of drug-likeness (QED) is 0.790. The van der Waals surface area contributed by atoms with Gasteiger partial charge in [-0.25, -0.2) is 0 Å². The normalized spacial score (nSPS) is 11.6. The Bertz CT molecular complexity index is 480. The Balaban J connectivity index is 2.36. The highest BCUT2D eigenvalue weighted by atomic mass is 16.5. The van der Waals surface area contributed by atoms with Gasteiger partial charge < -0.3 is 4.74 Å². The lowest BCUT2D eigenvalue weighted by molar-refractivity contribution is -0.131. The number of carbonyl (C=O) groups is 2. The topological polar surface area (TPSA) is 67.4 Å². The van der Waals surface area contributed by atoms with Gasteiger partial charge in [-0.05, 0) is 43.5 Å². The summed E-state index contributed by atoms with van der Waals surface area (Å²) in [6.07, 6.45) is 1.72. The Morgan fingerprint density at radius 2 is 1.76 bits per heavy atom. The predicted octanol–water partition coefficient (Wildman–Crippen LogP) is 2.27. The van der Waals surface area contributed by atoms with Crippen LogP contribution in [0.5, 0.6) is 5.75 Å². The van der Waals surface area contributed by atoms with E-state index in [9.17, 15) is 9.59 Å². The number of benzene rings is 1. The van der Waals surface area contributed by atoms with Gasteiger partial charge in [0, 0.05) is 5.92 Å². The average molecular weight is 292 g/mol. The number of ether oxygens (including phenoxy) is 1. The maximum atomic E-state index is 11.6. The molecule has 116 valence electrons. The summed E-state index contributed by atoms with van der Waals surface area (Å²) in [6, 6.07) is 5.76. The number of aryl methyl sites for hydroxylation is 2. The molecule has 2 N–H and O–H groups in total. The zero-order valence-electron chi connectivity index (χ0n) is 13.2. The molecule has 0 spiro atoms. The molecule has 0 fully saturated rings. The van der Waals surface area contributed by atoms with Crippen LogP contribution >= 0.6 is 0 Å². The molecule has 0 radical (unpaired) electrons. The molecule has 0 saturated heterocycles. The molecule has 0 aliphatic heterocycles. The van der Waals surface area contributed by atoms with Crippen LogP contribution in [0.15, 0.2) is 18.2 Å². The zero-order valence-corrected chi connectivity index (χ0v) is 13.2. The molecule has 5 nitrogen and oxygen atoms in total. The smallest absolute Gasteiger partial charge is 0.276 e. The summed E-state index contributed by atoms with van der Waals surface area (Å²) in [5.74, 6) is -0.0354. The van der Waals surface area contributed by atoms with E-state index < -0.39 is 0 Å². The summed E-state index contributed by atoms with van der Waals surface area (Å²) < 4.78 is 5.41. The van der Waals surface area contributed by atoms with Crippen molar-refractivity contribution in [3.8, 4) is 5.75 Å². The molecular weight excluding hydrogens is 268 g/mol. The summed E-state index contributed by atoms with van der Waals surface area (Å²) in [4.78, 5) is 23.3. The van der Waals surface area contributed by atoms with E-state index in [0.29, 0.717) is 5.75 Å². The lowest BCUT2D eigenvalue weighted by Crippen LogP contribution is -2.45. The first-order valence-corrected chi connectivity index (χ1v) is 7.22. The van der Waals surface area contributed by atoms with Crippen LogP contribution in [0, 0.1) is 19.8 Å². The number of hydrogen-bond acceptors (Lipinski definition) is 3. The fourth-order valence-electron chi connectivity index (χ4n) is 2.02. The van der Waals surface area contributed by atoms with Crippen molar-refractivity contribution in [2.75, 3.05) is 6.61 Å². The maximum absolute atomic E-state index is 11.6. The fraction of sp³-hybridized carbons (Fsp3) is 0.500. The predicted molar refractivity (Wildman–Crippen MR) is 81.8 cm³/mol. The molecule has 0 aromatic heterocycles. The lowest BCUT2D eigenvalue weighted by atomic mass is 10.1. The highest BCUT2D eigenvalue weighted by Crippen LogP contribution is 2.15. The first kappa shape index (κ1) is 17.0. The van der Waals surface area contributed by atoms with E-state index in [1.807, 2.05) is 45.9 Å². The summed E-state index contributed by atoms with van der Waals surface area (Å²) in [5, 5.41) is 0. The second-order valence-corrected chi connectivity index (χ2v) is 5.34. The second-order valence-electron chi connectivity index (χ2n) is 5.34. The second kappa shape index (κ2) is 8.29. The minimum absolute atomic E-state index is 0.115. The van der Waals surface area contributed by atoms with Crippen molar-refractivity contribution in [2.45, 2.75) is 40.5 Å². The number of hydrazine groups is 1. The first-order chi connectivity index (χ1) is 9.92. The number of hydrogen-bond donors (Lipinski definition) is 2. The van der Waals surface area contributed by atoms with Crippen molar-refractivity contribution in [3.05, 3.63) is 29.3 Å². The van der Waals surface area contributed by atoms with E-state index in [1.54, 1.807) is 0 Å². The molecule has 21 heavy (non-hydrogen) atoms. The molecule has 0 saturated carbocycles. The van der Waals surface area contributed by atoms with Crippen LogP contribution in [0.2, 0.25) is 0 Å². The van der Waals surface area contributed by atoms with Crippen LogP contribution in [0.3, 0.4) is 0 Å². The fourth-order valence-corrected chi connectivity index (χ4v) is 2.02. The molecule has 1 aromatic rings. The summed E-state index contributed by atoms with van der Waals surface area (Å²) >= 11 is 0. The highest BCUT2D eigenvalue weighted by Gasteiger charge is 2.12. The molecule has 1 aromatic carbocycles. The number of carbonyl (C=O) groups excluding carboxylic acids is 2. The summed E-state index contributed by atoms with van der Waals surface area (Å²) in [6.45, 7) is 7.65. The van der Waals surface area contributed by atoms with Crippen LogP contribution in [0.1, 0.15) is 37.8 Å². The molecule has 1 unspecified atom stereocenters. The lowest BCUT2D eigenvalue weighted by Gasteiger charge is -2.12. The van der Waals surface area contributed by atoms with Gasteiger partial charge in [0.2, 0.25) is 5.91 Å². The average Bonchev–Trinajstić information content (AvgIpc) is 2.41. The Morgan fingerprint density at radius 3 is 2.33 bits per heavy atom. The summed E-state index contributed by atoms with van der Waals surface area (Å²) in [7, 11) is 0. The highest BCUT2D eigenvalue weighted by molar-refractivity contribution is 5.83. The summed E-state index contributed by atoms with van der Waals surface area (Å²) in [5.41, 5.74) is 6.92. The van der Waals surface area contributed by atoms with Gasteiger partial charge in [-0.2, -0.15) is 0 Å². The monoisotopic (exact) mass is 292 g/mol. The minimum atomic E-state index is -0.383. The van der Waals surface area contributed by atoms with Crippen LogP contribution in [0.25, 0.3) is 0 Å². The largest absolute Gasteiger partial charge is 0.484 e. The molecule has 1 atom stereocenters. The zero-order chi connectivity index (χ0) is 15.8. The van der Waals surface area contributed by atoms with E-state index in [-0.39, 0.29) is 24.3 Å². The third kappa shape index (κ3) is 6.29. The van der Waals surface area contributed by atoms with E-state index >= 15 is 0 Å². The van der Waals surface area contributed by atoms with Crippen LogP contribution in [-0.4, -0.2) is 18.4 Å². The number of amides is 2. The van der Waals surface area contributed by atoms with Crippen molar-refractivity contribution in [2.24, 2.45) is 5.92 Å². The number of nitrogens with one attached hydrogen (secondary N) is 2. The molecule has 0 aliphatic carbocycles. The van der Waals surface area contributed by atoms with Gasteiger partial charge in [0.1, 0.15) is 5.75 Å². The SMILES string of the molecule is CCCC(C)C(=O)NNC(=O)COc1cc(C)cc(C)c1. The van der Waals surface area contributed by atoms with Gasteiger partial charge in [-0.3, -0.25) is 20.4 Å². The van der Waals surface area contributed by atoms with Crippen LogP contribution in [-0.2, 0) is 9.59 Å². The van der Waals surface area contributed by atoms with Crippen molar-refractivity contribution in [1.82, 2.24) is 10.9 Å². The number of rotatable bonds is 6. The Hall–Kier alpha value is -2.04. The molecular formula is C16H24N2O3. The van der Waals surface area contributed by atoms with Gasteiger partial charge in [-0.15, -0.1) is 0 Å². The van der Waals surface area contributed by atoms with Gasteiger partial charge in [-0.1, -0.05) is 26.3 Å². The molecule has 1 rings (SSSR count). The molecule has 5 heteroatoms. The first-order valence-electron chi connectivity index (χ1n) is 7.22. The van der Waals surface area contributed by atoms with Crippen molar-refractivity contribution in [3.63, 3.8) is 0 Å². The maximum Gasteiger partial charge on any atom is 0.276 e. The van der Waals surface area contributed by atoms with Crippen LogP contribution in [0.4, 0.5) is 0 Å². The van der Waals surface area contributed by atoms with Crippen molar-refractivity contribution in [1.29, 1.82) is 0 Å². The van der Waals surface area contributed by atoms with E-state index in [4.69, 9.17) is 4.74 Å². The Morgan fingerprint density at radius 1 is 1.14 bits per heavy atom. The van der Waals surface area contributed by atoms with Gasteiger partial charge >= 0.3 is 0 Å². The van der Waals surface area contributed by atoms with E-state index in [2.05, 4.69) is 10.9 Å². The molecule has 0 bridgehead atoms.